The highest BCUT2D eigenvalue weighted by atomic mass is 79.9. The average Bonchev–Trinajstić information content (AvgIpc) is 3.25. The fraction of sp³-hybridized carbons (Fsp3) is 0.389. The lowest BCUT2D eigenvalue weighted by Gasteiger charge is -2.21. The van der Waals surface area contributed by atoms with E-state index in [4.69, 9.17) is 4.42 Å². The summed E-state index contributed by atoms with van der Waals surface area (Å²) in [5.74, 6) is 1.71. The zero-order valence-corrected chi connectivity index (χ0v) is 15.4. The second kappa shape index (κ2) is 8.24. The van der Waals surface area contributed by atoms with Gasteiger partial charge in [0.05, 0.1) is 12.0 Å². The number of guanidine groups is 1. The van der Waals surface area contributed by atoms with E-state index in [0.29, 0.717) is 12.6 Å². The Morgan fingerprint density at radius 1 is 1.33 bits per heavy atom. The van der Waals surface area contributed by atoms with Crippen LogP contribution in [0.2, 0.25) is 0 Å². The molecule has 0 bridgehead atoms. The highest BCUT2D eigenvalue weighted by Gasteiger charge is 2.24. The summed E-state index contributed by atoms with van der Waals surface area (Å²) >= 11 is 3.64. The highest BCUT2D eigenvalue weighted by molar-refractivity contribution is 9.10. The third-order valence-corrected chi connectivity index (χ3v) is 4.71. The van der Waals surface area contributed by atoms with E-state index in [2.05, 4.69) is 61.6 Å². The van der Waals surface area contributed by atoms with Gasteiger partial charge in [-0.1, -0.05) is 12.1 Å². The molecule has 0 amide bonds. The maximum absolute atomic E-state index is 5.34. The van der Waals surface area contributed by atoms with Crippen molar-refractivity contribution in [3.05, 3.63) is 52.9 Å². The van der Waals surface area contributed by atoms with Gasteiger partial charge in [-0.3, -0.25) is 0 Å². The van der Waals surface area contributed by atoms with Crippen molar-refractivity contribution in [3.63, 3.8) is 0 Å². The molecule has 2 heterocycles. The van der Waals surface area contributed by atoms with Gasteiger partial charge in [-0.05, 0) is 53.5 Å². The van der Waals surface area contributed by atoms with Crippen molar-refractivity contribution in [2.75, 3.05) is 24.5 Å². The molecule has 5 nitrogen and oxygen atoms in total. The molecular formula is C18H23BrN4O. The van der Waals surface area contributed by atoms with Crippen molar-refractivity contribution in [3.8, 4) is 0 Å². The average molecular weight is 391 g/mol. The SMILES string of the molecule is CCNC(=NCc1ccco1)NC1CCN(c2ccccc2Br)C1. The number of aliphatic imine (C=N–C) groups is 1. The number of benzene rings is 1. The first-order valence-electron chi connectivity index (χ1n) is 8.33. The Labute approximate surface area is 151 Å². The molecule has 1 aromatic carbocycles. The molecule has 0 saturated carbocycles. The Morgan fingerprint density at radius 2 is 2.21 bits per heavy atom. The number of anilines is 1. The Bertz CT molecular complexity index is 671. The topological polar surface area (TPSA) is 52.8 Å². The lowest BCUT2D eigenvalue weighted by molar-refractivity contribution is 0.511. The van der Waals surface area contributed by atoms with Crippen LogP contribution in [0.1, 0.15) is 19.1 Å². The fourth-order valence-corrected chi connectivity index (χ4v) is 3.41. The molecule has 0 spiro atoms. The summed E-state index contributed by atoms with van der Waals surface area (Å²) in [6, 6.07) is 12.6. The number of furan rings is 1. The molecule has 1 atom stereocenters. The van der Waals surface area contributed by atoms with Crippen LogP contribution < -0.4 is 15.5 Å². The van der Waals surface area contributed by atoms with Crippen molar-refractivity contribution >= 4 is 27.6 Å². The summed E-state index contributed by atoms with van der Waals surface area (Å²) < 4.78 is 6.49. The number of hydrogen-bond donors (Lipinski definition) is 2. The number of hydrogen-bond acceptors (Lipinski definition) is 3. The van der Waals surface area contributed by atoms with Crippen LogP contribution in [-0.2, 0) is 6.54 Å². The summed E-state index contributed by atoms with van der Waals surface area (Å²) in [5.41, 5.74) is 1.25. The Kier molecular flexibility index (Phi) is 5.80. The zero-order chi connectivity index (χ0) is 16.8. The molecule has 1 saturated heterocycles. The van der Waals surface area contributed by atoms with Crippen molar-refractivity contribution < 1.29 is 4.42 Å². The maximum Gasteiger partial charge on any atom is 0.191 e. The van der Waals surface area contributed by atoms with Gasteiger partial charge in [0.15, 0.2) is 5.96 Å². The second-order valence-corrected chi connectivity index (χ2v) is 6.66. The zero-order valence-electron chi connectivity index (χ0n) is 13.8. The first-order chi connectivity index (χ1) is 11.8. The predicted molar refractivity (Wildman–Crippen MR) is 101 cm³/mol. The molecule has 3 rings (SSSR count). The Morgan fingerprint density at radius 3 is 2.96 bits per heavy atom. The fourth-order valence-electron chi connectivity index (χ4n) is 2.88. The van der Waals surface area contributed by atoms with Gasteiger partial charge in [-0.2, -0.15) is 0 Å². The second-order valence-electron chi connectivity index (χ2n) is 5.80. The number of rotatable bonds is 5. The molecular weight excluding hydrogens is 368 g/mol. The van der Waals surface area contributed by atoms with Crippen LogP contribution in [0.3, 0.4) is 0 Å². The van der Waals surface area contributed by atoms with Crippen molar-refractivity contribution in [2.24, 2.45) is 4.99 Å². The van der Waals surface area contributed by atoms with Gasteiger partial charge >= 0.3 is 0 Å². The van der Waals surface area contributed by atoms with Gasteiger partial charge in [-0.25, -0.2) is 4.99 Å². The summed E-state index contributed by atoms with van der Waals surface area (Å²) in [5, 5.41) is 6.85. The molecule has 1 aromatic heterocycles. The van der Waals surface area contributed by atoms with Gasteiger partial charge < -0.3 is 20.0 Å². The largest absolute Gasteiger partial charge is 0.467 e. The molecule has 6 heteroatoms. The van der Waals surface area contributed by atoms with Gasteiger partial charge in [0.2, 0.25) is 0 Å². The first kappa shape index (κ1) is 16.9. The van der Waals surface area contributed by atoms with Crippen LogP contribution in [0.25, 0.3) is 0 Å². The monoisotopic (exact) mass is 390 g/mol. The maximum atomic E-state index is 5.34. The molecule has 0 radical (unpaired) electrons. The first-order valence-corrected chi connectivity index (χ1v) is 9.12. The highest BCUT2D eigenvalue weighted by Crippen LogP contribution is 2.28. The molecule has 128 valence electrons. The van der Waals surface area contributed by atoms with Crippen LogP contribution in [0.5, 0.6) is 0 Å². The van der Waals surface area contributed by atoms with Crippen LogP contribution in [0.15, 0.2) is 56.5 Å². The molecule has 1 fully saturated rings. The summed E-state index contributed by atoms with van der Waals surface area (Å²) in [6.07, 6.45) is 2.77. The van der Waals surface area contributed by atoms with Crippen LogP contribution in [0, 0.1) is 0 Å². The smallest absolute Gasteiger partial charge is 0.191 e. The molecule has 24 heavy (non-hydrogen) atoms. The van der Waals surface area contributed by atoms with E-state index in [1.54, 1.807) is 6.26 Å². The third-order valence-electron chi connectivity index (χ3n) is 4.04. The van der Waals surface area contributed by atoms with E-state index in [0.717, 1.165) is 42.2 Å². The summed E-state index contributed by atoms with van der Waals surface area (Å²) in [6.45, 7) is 5.46. The van der Waals surface area contributed by atoms with E-state index >= 15 is 0 Å². The van der Waals surface area contributed by atoms with E-state index in [-0.39, 0.29) is 0 Å². The molecule has 1 unspecified atom stereocenters. The minimum Gasteiger partial charge on any atom is -0.467 e. The lowest BCUT2D eigenvalue weighted by atomic mass is 10.3. The normalized spacial score (nSPS) is 18.0. The molecule has 1 aliphatic rings. The third kappa shape index (κ3) is 4.32. The van der Waals surface area contributed by atoms with Gasteiger partial charge in [0, 0.05) is 30.1 Å². The van der Waals surface area contributed by atoms with Crippen LogP contribution >= 0.6 is 15.9 Å². The van der Waals surface area contributed by atoms with E-state index in [1.807, 2.05) is 18.2 Å². The van der Waals surface area contributed by atoms with Crippen molar-refractivity contribution in [1.82, 2.24) is 10.6 Å². The Hall–Kier alpha value is -1.95. The van der Waals surface area contributed by atoms with Gasteiger partial charge in [0.25, 0.3) is 0 Å². The lowest BCUT2D eigenvalue weighted by Crippen LogP contribution is -2.44. The van der Waals surface area contributed by atoms with E-state index in [1.165, 1.54) is 5.69 Å². The quantitative estimate of drug-likeness (QED) is 0.606. The summed E-state index contributed by atoms with van der Waals surface area (Å²) in [7, 11) is 0. The number of halogens is 1. The number of nitrogens with one attached hydrogen (secondary N) is 2. The van der Waals surface area contributed by atoms with Crippen LogP contribution in [0.4, 0.5) is 5.69 Å². The minimum atomic E-state index is 0.381. The molecule has 2 N–H and O–H groups in total. The number of para-hydroxylation sites is 1. The van der Waals surface area contributed by atoms with Crippen molar-refractivity contribution in [1.29, 1.82) is 0 Å². The van der Waals surface area contributed by atoms with E-state index in [9.17, 15) is 0 Å². The molecule has 1 aliphatic heterocycles. The molecule has 0 aliphatic carbocycles. The summed E-state index contributed by atoms with van der Waals surface area (Å²) in [4.78, 5) is 7.01. The van der Waals surface area contributed by atoms with Crippen molar-refractivity contribution in [2.45, 2.75) is 25.9 Å². The molecule has 2 aromatic rings. The van der Waals surface area contributed by atoms with Gasteiger partial charge in [-0.15, -0.1) is 0 Å². The minimum absolute atomic E-state index is 0.381. The van der Waals surface area contributed by atoms with Crippen LogP contribution in [-0.4, -0.2) is 31.6 Å². The predicted octanol–water partition coefficient (Wildman–Crippen LogP) is 3.38. The van der Waals surface area contributed by atoms with E-state index < -0.39 is 0 Å². The Balaban J connectivity index is 1.60. The van der Waals surface area contributed by atoms with Gasteiger partial charge in [0.1, 0.15) is 12.3 Å². The number of nitrogens with zero attached hydrogens (tertiary/aromatic N) is 2. The standard InChI is InChI=1S/C18H23BrN4O/c1-2-20-18(21-12-15-6-5-11-24-15)22-14-9-10-23(13-14)17-8-4-3-7-16(17)19/h3-8,11,14H,2,9-10,12-13H2,1H3,(H2,20,21,22).